The molecule has 2 aromatic heterocycles. The maximum absolute atomic E-state index is 12.9. The van der Waals surface area contributed by atoms with Crippen molar-refractivity contribution in [2.24, 2.45) is 0 Å². The van der Waals surface area contributed by atoms with Crippen LogP contribution in [0.4, 0.5) is 4.39 Å². The van der Waals surface area contributed by atoms with Gasteiger partial charge in [-0.05, 0) is 30.3 Å². The molecule has 0 amide bonds. The van der Waals surface area contributed by atoms with Crippen LogP contribution in [-0.4, -0.2) is 14.8 Å². The molecule has 0 radical (unpaired) electrons. The van der Waals surface area contributed by atoms with Gasteiger partial charge in [-0.2, -0.15) is 0 Å². The first-order chi connectivity index (χ1) is 9.16. The van der Waals surface area contributed by atoms with Gasteiger partial charge >= 0.3 is 0 Å². The number of rotatable bonds is 1. The van der Waals surface area contributed by atoms with E-state index in [4.69, 9.17) is 0 Å². The first-order valence-corrected chi connectivity index (χ1v) is 5.52. The number of nitrogens with zero attached hydrogens (tertiary/aromatic N) is 2. The largest absolute Gasteiger partial charge is 0.277 e. The third-order valence-corrected chi connectivity index (χ3v) is 2.80. The fraction of sp³-hybridized carbons (Fsp3) is 0. The highest BCUT2D eigenvalue weighted by Gasteiger charge is 2.08. The summed E-state index contributed by atoms with van der Waals surface area (Å²) in [7, 11) is 0. The van der Waals surface area contributed by atoms with Crippen LogP contribution in [0, 0.1) is 5.82 Å². The smallest absolute Gasteiger partial charge is 0.267 e. The molecule has 0 saturated carbocycles. The monoisotopic (exact) mass is 257 g/mol. The van der Waals surface area contributed by atoms with Gasteiger partial charge in [0, 0.05) is 12.4 Å². The van der Waals surface area contributed by atoms with Crippen molar-refractivity contribution in [3.8, 4) is 5.69 Å². The van der Waals surface area contributed by atoms with Crippen molar-refractivity contribution >= 4 is 10.8 Å². The molecule has 0 fully saturated rings. The first kappa shape index (κ1) is 11.3. The number of hydrogen-bond acceptors (Lipinski definition) is 3. The van der Waals surface area contributed by atoms with E-state index in [9.17, 15) is 14.0 Å². The Balaban J connectivity index is 2.37. The predicted octanol–water partition coefficient (Wildman–Crippen LogP) is 1.21. The van der Waals surface area contributed by atoms with Gasteiger partial charge in [0.05, 0.1) is 16.5 Å². The average molecular weight is 257 g/mol. The standard InChI is InChI=1S/C13H8FN3O2/c14-8-1-3-9(4-2-8)17-13(19)10-5-6-15-7-11(10)12(18)16-17/h1-7H,(H,16,18). The summed E-state index contributed by atoms with van der Waals surface area (Å²) >= 11 is 0. The van der Waals surface area contributed by atoms with Crippen molar-refractivity contribution < 1.29 is 4.39 Å². The maximum Gasteiger partial charge on any atom is 0.277 e. The molecule has 0 aliphatic carbocycles. The summed E-state index contributed by atoms with van der Waals surface area (Å²) in [6, 6.07) is 6.75. The normalized spacial score (nSPS) is 10.8. The van der Waals surface area contributed by atoms with Crippen LogP contribution in [0.1, 0.15) is 0 Å². The highest BCUT2D eigenvalue weighted by molar-refractivity contribution is 5.79. The minimum atomic E-state index is -0.424. The van der Waals surface area contributed by atoms with Crippen molar-refractivity contribution in [2.75, 3.05) is 0 Å². The first-order valence-electron chi connectivity index (χ1n) is 5.52. The summed E-state index contributed by atoms with van der Waals surface area (Å²) in [6.45, 7) is 0. The van der Waals surface area contributed by atoms with Crippen molar-refractivity contribution in [3.05, 3.63) is 69.3 Å². The van der Waals surface area contributed by atoms with E-state index in [0.717, 1.165) is 4.68 Å². The third-order valence-electron chi connectivity index (χ3n) is 2.80. The van der Waals surface area contributed by atoms with E-state index in [1.54, 1.807) is 0 Å². The van der Waals surface area contributed by atoms with Gasteiger partial charge in [-0.3, -0.25) is 19.7 Å². The highest BCUT2D eigenvalue weighted by Crippen LogP contribution is 2.07. The van der Waals surface area contributed by atoms with E-state index in [1.165, 1.54) is 42.7 Å². The SMILES string of the molecule is O=c1[nH]n(-c2ccc(F)cc2)c(=O)c2ccncc12. The van der Waals surface area contributed by atoms with Gasteiger partial charge in [0.1, 0.15) is 5.82 Å². The van der Waals surface area contributed by atoms with Gasteiger partial charge in [0.2, 0.25) is 0 Å². The second-order valence-corrected chi connectivity index (χ2v) is 3.98. The number of H-pyrrole nitrogens is 1. The molecule has 19 heavy (non-hydrogen) atoms. The molecule has 0 unspecified atom stereocenters. The molecule has 0 bridgehead atoms. The van der Waals surface area contributed by atoms with Crippen molar-refractivity contribution in [3.63, 3.8) is 0 Å². The predicted molar refractivity (Wildman–Crippen MR) is 67.9 cm³/mol. The summed E-state index contributed by atoms with van der Waals surface area (Å²) in [4.78, 5) is 27.9. The number of pyridine rings is 1. The lowest BCUT2D eigenvalue weighted by atomic mass is 10.2. The second-order valence-electron chi connectivity index (χ2n) is 3.98. The van der Waals surface area contributed by atoms with E-state index in [0.29, 0.717) is 5.69 Å². The van der Waals surface area contributed by atoms with Crippen LogP contribution in [0.25, 0.3) is 16.5 Å². The van der Waals surface area contributed by atoms with Crippen molar-refractivity contribution in [2.45, 2.75) is 0 Å². The van der Waals surface area contributed by atoms with Gasteiger partial charge in [-0.25, -0.2) is 9.07 Å². The van der Waals surface area contributed by atoms with Crippen LogP contribution in [0.3, 0.4) is 0 Å². The molecule has 5 nitrogen and oxygen atoms in total. The minimum Gasteiger partial charge on any atom is -0.267 e. The Hall–Kier alpha value is -2.76. The summed E-state index contributed by atoms with van der Waals surface area (Å²) in [5, 5.41) is 2.93. The topological polar surface area (TPSA) is 67.8 Å². The number of nitrogens with one attached hydrogen (secondary N) is 1. The number of halogens is 1. The summed E-state index contributed by atoms with van der Waals surface area (Å²) in [5.74, 6) is -0.413. The quantitative estimate of drug-likeness (QED) is 0.712. The molecule has 6 heteroatoms. The average Bonchev–Trinajstić information content (AvgIpc) is 2.44. The zero-order chi connectivity index (χ0) is 13.4. The Morgan fingerprint density at radius 3 is 2.53 bits per heavy atom. The van der Waals surface area contributed by atoms with Gasteiger partial charge in [0.25, 0.3) is 11.1 Å². The molecular weight excluding hydrogens is 249 g/mol. The highest BCUT2D eigenvalue weighted by atomic mass is 19.1. The Kier molecular flexibility index (Phi) is 2.49. The molecule has 0 aliphatic heterocycles. The molecule has 94 valence electrons. The third kappa shape index (κ3) is 1.83. The Morgan fingerprint density at radius 1 is 1.05 bits per heavy atom. The molecule has 3 rings (SSSR count). The molecule has 0 spiro atoms. The number of hydrogen-bond donors (Lipinski definition) is 1. The number of benzene rings is 1. The fourth-order valence-electron chi connectivity index (χ4n) is 1.87. The maximum atomic E-state index is 12.9. The minimum absolute atomic E-state index is 0.228. The van der Waals surface area contributed by atoms with Crippen LogP contribution >= 0.6 is 0 Å². The Morgan fingerprint density at radius 2 is 1.79 bits per heavy atom. The number of aromatic nitrogens is 3. The molecular formula is C13H8FN3O2. The Labute approximate surface area is 105 Å². The van der Waals surface area contributed by atoms with Crippen molar-refractivity contribution in [1.29, 1.82) is 0 Å². The van der Waals surface area contributed by atoms with Gasteiger partial charge in [0.15, 0.2) is 0 Å². The van der Waals surface area contributed by atoms with E-state index in [1.807, 2.05) is 0 Å². The summed E-state index contributed by atoms with van der Waals surface area (Å²) in [5.41, 5.74) is -0.419. The molecule has 1 aromatic carbocycles. The second kappa shape index (κ2) is 4.16. The van der Waals surface area contributed by atoms with Crippen LogP contribution in [0.2, 0.25) is 0 Å². The van der Waals surface area contributed by atoms with E-state index in [-0.39, 0.29) is 16.3 Å². The van der Waals surface area contributed by atoms with Crippen LogP contribution in [-0.2, 0) is 0 Å². The van der Waals surface area contributed by atoms with E-state index < -0.39 is 11.4 Å². The van der Waals surface area contributed by atoms with Crippen LogP contribution in [0.15, 0.2) is 52.3 Å². The molecule has 2 heterocycles. The molecule has 0 aliphatic rings. The zero-order valence-electron chi connectivity index (χ0n) is 9.63. The molecule has 0 saturated heterocycles. The van der Waals surface area contributed by atoms with Gasteiger partial charge in [-0.15, -0.1) is 0 Å². The molecule has 1 N–H and O–H groups in total. The van der Waals surface area contributed by atoms with E-state index in [2.05, 4.69) is 10.1 Å². The van der Waals surface area contributed by atoms with Crippen LogP contribution in [0.5, 0.6) is 0 Å². The van der Waals surface area contributed by atoms with E-state index >= 15 is 0 Å². The zero-order valence-corrected chi connectivity index (χ0v) is 9.63. The lowest BCUT2D eigenvalue weighted by molar-refractivity contribution is 0.626. The number of fused-ring (bicyclic) bond motifs is 1. The van der Waals surface area contributed by atoms with Gasteiger partial charge < -0.3 is 0 Å². The Bertz CT molecular complexity index is 865. The lowest BCUT2D eigenvalue weighted by Gasteiger charge is -2.06. The molecule has 0 atom stereocenters. The lowest BCUT2D eigenvalue weighted by Crippen LogP contribution is -2.28. The number of aromatic amines is 1. The van der Waals surface area contributed by atoms with Gasteiger partial charge in [-0.1, -0.05) is 0 Å². The van der Waals surface area contributed by atoms with Crippen molar-refractivity contribution in [1.82, 2.24) is 14.8 Å². The summed E-state index contributed by atoms with van der Waals surface area (Å²) < 4.78 is 14.0. The fourth-order valence-corrected chi connectivity index (χ4v) is 1.87. The molecule has 3 aromatic rings. The summed E-state index contributed by atoms with van der Waals surface area (Å²) in [6.07, 6.45) is 2.78. The van der Waals surface area contributed by atoms with Crippen LogP contribution < -0.4 is 11.1 Å².